The van der Waals surface area contributed by atoms with Crippen LogP contribution in [0.3, 0.4) is 0 Å². The molecule has 1 aromatic heterocycles. The van der Waals surface area contributed by atoms with E-state index in [1.54, 1.807) is 28.4 Å². The minimum atomic E-state index is -0.489. The number of hydroxylamine groups is 1. The monoisotopic (exact) mass is 471 g/mol. The summed E-state index contributed by atoms with van der Waals surface area (Å²) in [7, 11) is 1.36. The summed E-state index contributed by atoms with van der Waals surface area (Å²) in [6, 6.07) is 7.23. The molecule has 1 aromatic carbocycles. The standard InChI is InChI=1S/C24H29N3O5S/c1-24(2,3)31-23(29)27-11-9-15(10-12-27)21-25-19(14-33-21)18-13-20(32-26-18)16-7-5-6-8-17(16)22(28)30-4/h5-8,13-15,20,26H,9-12H2,1-4H3. The first kappa shape index (κ1) is 23.3. The van der Waals surface area contributed by atoms with Gasteiger partial charge in [-0.25, -0.2) is 14.6 Å². The molecule has 0 spiro atoms. The second-order valence-electron chi connectivity index (χ2n) is 9.11. The molecule has 0 bridgehead atoms. The number of amides is 1. The van der Waals surface area contributed by atoms with Crippen LogP contribution in [0.25, 0.3) is 5.70 Å². The van der Waals surface area contributed by atoms with Crippen molar-refractivity contribution >= 4 is 29.1 Å². The predicted molar refractivity (Wildman–Crippen MR) is 125 cm³/mol. The quantitative estimate of drug-likeness (QED) is 0.649. The molecule has 1 N–H and O–H groups in total. The van der Waals surface area contributed by atoms with Gasteiger partial charge in [-0.2, -0.15) is 0 Å². The normalized spacial score (nSPS) is 19.1. The van der Waals surface area contributed by atoms with Crippen LogP contribution < -0.4 is 5.48 Å². The van der Waals surface area contributed by atoms with Crippen LogP contribution >= 0.6 is 11.3 Å². The van der Waals surface area contributed by atoms with Crippen molar-refractivity contribution in [1.82, 2.24) is 15.4 Å². The van der Waals surface area contributed by atoms with Gasteiger partial charge in [-0.3, -0.25) is 10.3 Å². The molecule has 1 saturated heterocycles. The third kappa shape index (κ3) is 5.36. The van der Waals surface area contributed by atoms with E-state index in [0.29, 0.717) is 24.6 Å². The highest BCUT2D eigenvalue weighted by Crippen LogP contribution is 2.35. The average Bonchev–Trinajstić information content (AvgIpc) is 3.47. The summed E-state index contributed by atoms with van der Waals surface area (Å²) in [6.45, 7) is 6.95. The number of nitrogens with one attached hydrogen (secondary N) is 1. The largest absolute Gasteiger partial charge is 0.465 e. The van der Waals surface area contributed by atoms with E-state index in [1.807, 2.05) is 44.4 Å². The molecule has 1 unspecified atom stereocenters. The fourth-order valence-corrected chi connectivity index (χ4v) is 4.90. The number of ether oxygens (including phenoxy) is 2. The number of piperidine rings is 1. The Morgan fingerprint density at radius 1 is 1.21 bits per heavy atom. The third-order valence-corrected chi connectivity index (χ3v) is 6.59. The zero-order valence-electron chi connectivity index (χ0n) is 19.3. The summed E-state index contributed by atoms with van der Waals surface area (Å²) >= 11 is 1.61. The van der Waals surface area contributed by atoms with Crippen molar-refractivity contribution in [3.8, 4) is 0 Å². The van der Waals surface area contributed by atoms with Crippen molar-refractivity contribution < 1.29 is 23.9 Å². The number of benzene rings is 1. The number of thiazole rings is 1. The second kappa shape index (κ2) is 9.52. The molecule has 2 aromatic rings. The molecule has 176 valence electrons. The highest BCUT2D eigenvalue weighted by molar-refractivity contribution is 7.09. The van der Waals surface area contributed by atoms with Gasteiger partial charge in [0.2, 0.25) is 0 Å². The maximum atomic E-state index is 12.3. The summed E-state index contributed by atoms with van der Waals surface area (Å²) < 4.78 is 10.4. The van der Waals surface area contributed by atoms with E-state index in [2.05, 4.69) is 5.48 Å². The molecule has 4 rings (SSSR count). The summed E-state index contributed by atoms with van der Waals surface area (Å²) in [6.07, 6.45) is 2.95. The number of carbonyl (C=O) groups excluding carboxylic acids is 2. The van der Waals surface area contributed by atoms with E-state index in [1.165, 1.54) is 7.11 Å². The molecule has 1 amide bonds. The Hall–Kier alpha value is -2.91. The lowest BCUT2D eigenvalue weighted by Crippen LogP contribution is -2.41. The van der Waals surface area contributed by atoms with Gasteiger partial charge in [-0.1, -0.05) is 18.2 Å². The molecule has 0 radical (unpaired) electrons. The summed E-state index contributed by atoms with van der Waals surface area (Å²) in [5, 5.41) is 3.06. The molecule has 1 fully saturated rings. The molecule has 3 heterocycles. The number of rotatable bonds is 4. The number of methoxy groups -OCH3 is 1. The van der Waals surface area contributed by atoms with Crippen LogP contribution in [0.4, 0.5) is 4.79 Å². The topological polar surface area (TPSA) is 90.0 Å². The van der Waals surface area contributed by atoms with E-state index < -0.39 is 17.7 Å². The highest BCUT2D eigenvalue weighted by atomic mass is 32.1. The van der Waals surface area contributed by atoms with Gasteiger partial charge in [-0.15, -0.1) is 11.3 Å². The summed E-state index contributed by atoms with van der Waals surface area (Å²) in [5.74, 6) is -0.0917. The van der Waals surface area contributed by atoms with Gasteiger partial charge in [0.25, 0.3) is 0 Å². The van der Waals surface area contributed by atoms with Gasteiger partial charge < -0.3 is 14.4 Å². The van der Waals surface area contributed by atoms with Gasteiger partial charge >= 0.3 is 12.1 Å². The van der Waals surface area contributed by atoms with Crippen molar-refractivity contribution in [2.75, 3.05) is 20.2 Å². The Balaban J connectivity index is 1.41. The molecular formula is C24H29N3O5S. The zero-order valence-corrected chi connectivity index (χ0v) is 20.1. The Labute approximate surface area is 197 Å². The Morgan fingerprint density at radius 3 is 2.64 bits per heavy atom. The van der Waals surface area contributed by atoms with Crippen LogP contribution in [0.1, 0.15) is 72.3 Å². The van der Waals surface area contributed by atoms with Gasteiger partial charge in [0.1, 0.15) is 11.7 Å². The maximum absolute atomic E-state index is 12.3. The molecule has 2 aliphatic rings. The summed E-state index contributed by atoms with van der Waals surface area (Å²) in [5.41, 5.74) is 5.25. The predicted octanol–water partition coefficient (Wildman–Crippen LogP) is 4.66. The number of hydrogen-bond acceptors (Lipinski definition) is 8. The lowest BCUT2D eigenvalue weighted by molar-refractivity contribution is 0.0204. The SMILES string of the molecule is COC(=O)c1ccccc1C1C=C(c2csc(C3CCN(C(=O)OC(C)(C)C)CC3)n2)NO1. The zero-order chi connectivity index (χ0) is 23.6. The number of esters is 1. The number of nitrogens with zero attached hydrogens (tertiary/aromatic N) is 2. The fraction of sp³-hybridized carbons (Fsp3) is 0.458. The van der Waals surface area contributed by atoms with Gasteiger partial charge in [0.05, 0.1) is 29.1 Å². The smallest absolute Gasteiger partial charge is 0.410 e. The van der Waals surface area contributed by atoms with Crippen molar-refractivity contribution in [1.29, 1.82) is 0 Å². The van der Waals surface area contributed by atoms with Crippen molar-refractivity contribution in [3.05, 3.63) is 57.6 Å². The van der Waals surface area contributed by atoms with Gasteiger partial charge in [-0.05, 0) is 45.8 Å². The average molecular weight is 472 g/mol. The van der Waals surface area contributed by atoms with Crippen LogP contribution in [0.5, 0.6) is 0 Å². The lowest BCUT2D eigenvalue weighted by Gasteiger charge is -2.32. The van der Waals surface area contributed by atoms with Crippen LogP contribution in [0, 0.1) is 0 Å². The van der Waals surface area contributed by atoms with Crippen molar-refractivity contribution in [2.24, 2.45) is 0 Å². The third-order valence-electron chi connectivity index (χ3n) is 5.58. The minimum absolute atomic E-state index is 0.253. The van der Waals surface area contributed by atoms with Crippen LogP contribution in [0.2, 0.25) is 0 Å². The van der Waals surface area contributed by atoms with Crippen molar-refractivity contribution in [3.63, 3.8) is 0 Å². The minimum Gasteiger partial charge on any atom is -0.465 e. The highest BCUT2D eigenvalue weighted by Gasteiger charge is 2.30. The first-order valence-corrected chi connectivity index (χ1v) is 11.9. The summed E-state index contributed by atoms with van der Waals surface area (Å²) in [4.78, 5) is 36.7. The molecule has 33 heavy (non-hydrogen) atoms. The van der Waals surface area contributed by atoms with Crippen LogP contribution in [-0.4, -0.2) is 47.7 Å². The molecule has 9 heteroatoms. The number of carbonyl (C=O) groups is 2. The molecule has 8 nitrogen and oxygen atoms in total. The number of likely N-dealkylation sites (tertiary alicyclic amines) is 1. The van der Waals surface area contributed by atoms with Crippen LogP contribution in [0.15, 0.2) is 35.7 Å². The molecule has 0 aliphatic carbocycles. The van der Waals surface area contributed by atoms with Crippen LogP contribution in [-0.2, 0) is 14.3 Å². The van der Waals surface area contributed by atoms with E-state index >= 15 is 0 Å². The van der Waals surface area contributed by atoms with E-state index in [-0.39, 0.29) is 6.09 Å². The Bertz CT molecular complexity index is 1050. The first-order chi connectivity index (χ1) is 15.7. The van der Waals surface area contributed by atoms with E-state index in [4.69, 9.17) is 19.3 Å². The first-order valence-electron chi connectivity index (χ1n) is 11.0. The maximum Gasteiger partial charge on any atom is 0.410 e. The van der Waals surface area contributed by atoms with E-state index in [9.17, 15) is 9.59 Å². The Morgan fingerprint density at radius 2 is 1.94 bits per heavy atom. The molecular weight excluding hydrogens is 442 g/mol. The van der Waals surface area contributed by atoms with Crippen molar-refractivity contribution in [2.45, 2.75) is 51.2 Å². The second-order valence-corrected chi connectivity index (χ2v) is 10.0. The van der Waals surface area contributed by atoms with Gasteiger partial charge in [0, 0.05) is 30.0 Å². The van der Waals surface area contributed by atoms with E-state index in [0.717, 1.165) is 34.8 Å². The number of hydrogen-bond donors (Lipinski definition) is 1. The molecule has 2 aliphatic heterocycles. The Kier molecular flexibility index (Phi) is 6.71. The number of aromatic nitrogens is 1. The van der Waals surface area contributed by atoms with Gasteiger partial charge in [0.15, 0.2) is 0 Å². The molecule has 0 saturated carbocycles. The molecule has 1 atom stereocenters. The lowest BCUT2D eigenvalue weighted by atomic mass is 9.98. The fourth-order valence-electron chi connectivity index (χ4n) is 3.91.